The third-order valence-corrected chi connectivity index (χ3v) is 5.24. The van der Waals surface area contributed by atoms with Crippen LogP contribution in [-0.4, -0.2) is 25.0 Å². The molecule has 1 aromatic carbocycles. The summed E-state index contributed by atoms with van der Waals surface area (Å²) in [5.74, 6) is 0.208. The van der Waals surface area contributed by atoms with E-state index in [0.717, 1.165) is 42.4 Å². The number of halogens is 2. The van der Waals surface area contributed by atoms with E-state index in [0.29, 0.717) is 6.04 Å². The van der Waals surface area contributed by atoms with Gasteiger partial charge in [-0.1, -0.05) is 34.5 Å². The number of amides is 1. The minimum Gasteiger partial charge on any atom is -0.354 e. The van der Waals surface area contributed by atoms with Gasteiger partial charge in [0.1, 0.15) is 0 Å². The predicted molar refractivity (Wildman–Crippen MR) is 91.0 cm³/mol. The fourth-order valence-corrected chi connectivity index (χ4v) is 3.53. The standard InChI is InChI=1S/C16H21BrN2O.ClH/c17-13-6-4-12(5-7-13)16(8-2-9-16)15(20)19-11-14-3-1-10-18-14;/h4-7,14,18H,1-3,8-11H2,(H,19,20);1H. The van der Waals surface area contributed by atoms with Crippen LogP contribution in [0.5, 0.6) is 0 Å². The van der Waals surface area contributed by atoms with Crippen molar-refractivity contribution in [1.29, 1.82) is 0 Å². The number of hydrogen-bond donors (Lipinski definition) is 2. The Kier molecular flexibility index (Phi) is 5.69. The van der Waals surface area contributed by atoms with Crippen molar-refractivity contribution in [3.63, 3.8) is 0 Å². The SMILES string of the molecule is Cl.O=C(NCC1CCCN1)C1(c2ccc(Br)cc2)CCC1. The highest BCUT2D eigenvalue weighted by Crippen LogP contribution is 2.44. The number of nitrogens with one attached hydrogen (secondary N) is 2. The van der Waals surface area contributed by atoms with Gasteiger partial charge in [-0.15, -0.1) is 12.4 Å². The molecule has 1 saturated heterocycles. The van der Waals surface area contributed by atoms with Crippen LogP contribution < -0.4 is 10.6 Å². The van der Waals surface area contributed by atoms with Gasteiger partial charge in [0.05, 0.1) is 5.41 Å². The van der Waals surface area contributed by atoms with E-state index in [4.69, 9.17) is 0 Å². The largest absolute Gasteiger partial charge is 0.354 e. The van der Waals surface area contributed by atoms with Crippen molar-refractivity contribution < 1.29 is 4.79 Å². The lowest BCUT2D eigenvalue weighted by molar-refractivity contribution is -0.130. The van der Waals surface area contributed by atoms with Crippen LogP contribution in [-0.2, 0) is 10.2 Å². The Bertz CT molecular complexity index is 482. The summed E-state index contributed by atoms with van der Waals surface area (Å²) in [6.07, 6.45) is 5.48. The molecule has 0 spiro atoms. The van der Waals surface area contributed by atoms with Crippen molar-refractivity contribution in [2.75, 3.05) is 13.1 Å². The lowest BCUT2D eigenvalue weighted by atomic mass is 9.64. The van der Waals surface area contributed by atoms with Crippen molar-refractivity contribution >= 4 is 34.2 Å². The highest BCUT2D eigenvalue weighted by molar-refractivity contribution is 9.10. The molecule has 1 heterocycles. The molecule has 0 bridgehead atoms. The molecule has 21 heavy (non-hydrogen) atoms. The molecular weight excluding hydrogens is 352 g/mol. The Morgan fingerprint density at radius 2 is 2.00 bits per heavy atom. The first-order chi connectivity index (χ1) is 9.71. The molecule has 2 aliphatic rings. The Morgan fingerprint density at radius 3 is 2.52 bits per heavy atom. The van der Waals surface area contributed by atoms with Gasteiger partial charge in [0.15, 0.2) is 0 Å². The molecule has 1 aromatic rings. The average molecular weight is 374 g/mol. The molecule has 3 rings (SSSR count). The molecule has 3 nitrogen and oxygen atoms in total. The summed E-state index contributed by atoms with van der Waals surface area (Å²) in [7, 11) is 0. The van der Waals surface area contributed by atoms with E-state index >= 15 is 0 Å². The zero-order valence-corrected chi connectivity index (χ0v) is 14.4. The van der Waals surface area contributed by atoms with Crippen LogP contribution in [0.3, 0.4) is 0 Å². The molecule has 0 aromatic heterocycles. The summed E-state index contributed by atoms with van der Waals surface area (Å²) in [6.45, 7) is 1.84. The van der Waals surface area contributed by atoms with Gasteiger partial charge in [0, 0.05) is 17.1 Å². The molecule has 5 heteroatoms. The summed E-state index contributed by atoms with van der Waals surface area (Å²) >= 11 is 3.46. The van der Waals surface area contributed by atoms with Crippen LogP contribution >= 0.6 is 28.3 Å². The second-order valence-electron chi connectivity index (χ2n) is 5.95. The van der Waals surface area contributed by atoms with Gasteiger partial charge in [0.2, 0.25) is 5.91 Å². The summed E-state index contributed by atoms with van der Waals surface area (Å²) in [6, 6.07) is 8.68. The molecule has 1 aliphatic heterocycles. The molecule has 1 amide bonds. The Morgan fingerprint density at radius 1 is 1.29 bits per heavy atom. The topological polar surface area (TPSA) is 41.1 Å². The second-order valence-corrected chi connectivity index (χ2v) is 6.86. The lowest BCUT2D eigenvalue weighted by Gasteiger charge is -2.41. The van der Waals surface area contributed by atoms with Crippen molar-refractivity contribution in [3.05, 3.63) is 34.3 Å². The highest BCUT2D eigenvalue weighted by Gasteiger charge is 2.45. The molecule has 0 radical (unpaired) electrons. The number of carbonyl (C=O) groups excluding carboxylic acids is 1. The summed E-state index contributed by atoms with van der Waals surface area (Å²) in [5, 5.41) is 6.59. The van der Waals surface area contributed by atoms with Gasteiger partial charge in [-0.25, -0.2) is 0 Å². The van der Waals surface area contributed by atoms with Crippen LogP contribution in [0.15, 0.2) is 28.7 Å². The molecule has 2 N–H and O–H groups in total. The number of rotatable bonds is 4. The van der Waals surface area contributed by atoms with Crippen LogP contribution in [0.4, 0.5) is 0 Å². The normalized spacial score (nSPS) is 23.0. The van der Waals surface area contributed by atoms with Gasteiger partial charge in [0.25, 0.3) is 0 Å². The van der Waals surface area contributed by atoms with E-state index < -0.39 is 0 Å². The van der Waals surface area contributed by atoms with Crippen LogP contribution in [0.25, 0.3) is 0 Å². The minimum atomic E-state index is -0.278. The summed E-state index contributed by atoms with van der Waals surface area (Å²) in [4.78, 5) is 12.6. The molecule has 1 aliphatic carbocycles. The van der Waals surface area contributed by atoms with E-state index in [1.807, 2.05) is 12.1 Å². The molecule has 116 valence electrons. The molecular formula is C16H22BrClN2O. The predicted octanol–water partition coefficient (Wildman–Crippen LogP) is 3.16. The monoisotopic (exact) mass is 372 g/mol. The zero-order valence-electron chi connectivity index (χ0n) is 12.0. The lowest BCUT2D eigenvalue weighted by Crippen LogP contribution is -2.51. The third kappa shape index (κ3) is 3.43. The summed E-state index contributed by atoms with van der Waals surface area (Å²) < 4.78 is 1.06. The van der Waals surface area contributed by atoms with E-state index in [1.165, 1.54) is 12.8 Å². The molecule has 1 saturated carbocycles. The van der Waals surface area contributed by atoms with Gasteiger partial charge in [-0.2, -0.15) is 0 Å². The first-order valence-corrected chi connectivity index (χ1v) is 8.28. The number of benzene rings is 1. The summed E-state index contributed by atoms with van der Waals surface area (Å²) in [5.41, 5.74) is 0.878. The minimum absolute atomic E-state index is 0. The Hall–Kier alpha value is -0.580. The van der Waals surface area contributed by atoms with Gasteiger partial charge < -0.3 is 10.6 Å². The van der Waals surface area contributed by atoms with E-state index in [1.54, 1.807) is 0 Å². The van der Waals surface area contributed by atoms with Gasteiger partial charge >= 0.3 is 0 Å². The maximum atomic E-state index is 12.6. The van der Waals surface area contributed by atoms with Gasteiger partial charge in [-0.05, 0) is 49.9 Å². The van der Waals surface area contributed by atoms with Gasteiger partial charge in [-0.3, -0.25) is 4.79 Å². The molecule has 1 atom stereocenters. The van der Waals surface area contributed by atoms with Crippen molar-refractivity contribution in [1.82, 2.24) is 10.6 Å². The quantitative estimate of drug-likeness (QED) is 0.851. The second kappa shape index (κ2) is 7.12. The smallest absolute Gasteiger partial charge is 0.230 e. The average Bonchev–Trinajstić information content (AvgIpc) is 2.90. The van der Waals surface area contributed by atoms with Crippen molar-refractivity contribution in [3.8, 4) is 0 Å². The van der Waals surface area contributed by atoms with Crippen LogP contribution in [0, 0.1) is 0 Å². The fraction of sp³-hybridized carbons (Fsp3) is 0.562. The zero-order chi connectivity index (χ0) is 14.0. The van der Waals surface area contributed by atoms with Crippen molar-refractivity contribution in [2.24, 2.45) is 0 Å². The van der Waals surface area contributed by atoms with Crippen LogP contribution in [0.1, 0.15) is 37.7 Å². The van der Waals surface area contributed by atoms with E-state index in [-0.39, 0.29) is 23.7 Å². The third-order valence-electron chi connectivity index (χ3n) is 4.71. The van der Waals surface area contributed by atoms with Crippen molar-refractivity contribution in [2.45, 2.75) is 43.6 Å². The number of carbonyl (C=O) groups is 1. The fourth-order valence-electron chi connectivity index (χ4n) is 3.26. The van der Waals surface area contributed by atoms with Crippen LogP contribution in [0.2, 0.25) is 0 Å². The Balaban J connectivity index is 0.00000161. The van der Waals surface area contributed by atoms with E-state index in [2.05, 4.69) is 38.7 Å². The first-order valence-electron chi connectivity index (χ1n) is 7.48. The van der Waals surface area contributed by atoms with E-state index in [9.17, 15) is 4.79 Å². The molecule has 2 fully saturated rings. The number of hydrogen-bond acceptors (Lipinski definition) is 2. The Labute approximate surface area is 140 Å². The maximum Gasteiger partial charge on any atom is 0.230 e. The first kappa shape index (κ1) is 16.8. The highest BCUT2D eigenvalue weighted by atomic mass is 79.9. The molecule has 1 unspecified atom stereocenters. The maximum absolute atomic E-state index is 12.6.